The molecule has 4 aromatic rings. The molecule has 1 aromatic heterocycles. The Balaban J connectivity index is 1.14. The van der Waals surface area contributed by atoms with Gasteiger partial charge in [0.25, 0.3) is 0 Å². The predicted octanol–water partition coefficient (Wildman–Crippen LogP) is 5.26. The molecule has 0 bridgehead atoms. The zero-order valence-corrected chi connectivity index (χ0v) is 26.9. The van der Waals surface area contributed by atoms with Crippen molar-refractivity contribution in [1.82, 2.24) is 20.2 Å². The number of hydrogen-bond donors (Lipinski definition) is 1. The van der Waals surface area contributed by atoms with Crippen LogP contribution in [0.15, 0.2) is 72.8 Å². The van der Waals surface area contributed by atoms with E-state index in [4.69, 9.17) is 19.4 Å². The third-order valence-corrected chi connectivity index (χ3v) is 9.62. The maximum Gasteiger partial charge on any atom is 0.410 e. The van der Waals surface area contributed by atoms with Gasteiger partial charge in [0.2, 0.25) is 0 Å². The number of alkyl halides is 1. The van der Waals surface area contributed by atoms with Gasteiger partial charge in [0.05, 0.1) is 37.4 Å². The predicted molar refractivity (Wildman–Crippen MR) is 182 cm³/mol. The second-order valence-corrected chi connectivity index (χ2v) is 12.8. The summed E-state index contributed by atoms with van der Waals surface area (Å²) in [5, 5.41) is 15.4. The maximum atomic E-state index is 13.3. The third-order valence-electron chi connectivity index (χ3n) is 9.62. The Morgan fingerprint density at radius 1 is 1.00 bits per heavy atom. The maximum absolute atomic E-state index is 13.3. The molecule has 1 amide bonds. The summed E-state index contributed by atoms with van der Waals surface area (Å²) in [4.78, 5) is 29.3. The van der Waals surface area contributed by atoms with Gasteiger partial charge in [0, 0.05) is 61.3 Å². The molecule has 3 aliphatic rings. The first kappa shape index (κ1) is 31.6. The van der Waals surface area contributed by atoms with E-state index in [1.807, 2.05) is 30.3 Å². The Hall–Kier alpha value is -4.95. The number of amides is 1. The van der Waals surface area contributed by atoms with E-state index in [1.165, 1.54) is 10.8 Å². The van der Waals surface area contributed by atoms with E-state index in [2.05, 4.69) is 63.7 Å². The highest BCUT2D eigenvalue weighted by Crippen LogP contribution is 2.35. The van der Waals surface area contributed by atoms with Gasteiger partial charge >= 0.3 is 12.1 Å². The number of nitriles is 1. The fourth-order valence-corrected chi connectivity index (χ4v) is 7.10. The van der Waals surface area contributed by atoms with Crippen molar-refractivity contribution in [3.05, 3.63) is 89.6 Å². The van der Waals surface area contributed by atoms with Crippen LogP contribution < -0.4 is 19.9 Å². The molecule has 48 heavy (non-hydrogen) atoms. The number of anilines is 2. The number of nitrogens with zero attached hydrogens (tertiary/aromatic N) is 6. The van der Waals surface area contributed by atoms with Gasteiger partial charge in [-0.15, -0.1) is 0 Å². The average molecular weight is 650 g/mol. The molecule has 2 fully saturated rings. The molecule has 7 rings (SSSR count). The number of benzene rings is 3. The molecule has 0 saturated carbocycles. The highest BCUT2D eigenvalue weighted by atomic mass is 19.1. The second-order valence-electron chi connectivity index (χ2n) is 12.8. The number of aromatic nitrogens is 2. The van der Waals surface area contributed by atoms with Crippen LogP contribution in [0.25, 0.3) is 10.8 Å². The molecular weight excluding hydrogens is 609 g/mol. The Labute approximate surface area is 280 Å². The minimum atomic E-state index is -0.422. The van der Waals surface area contributed by atoms with Crippen LogP contribution in [0, 0.1) is 17.2 Å². The lowest BCUT2D eigenvalue weighted by molar-refractivity contribution is 0.0767. The van der Waals surface area contributed by atoms with Crippen molar-refractivity contribution < 1.29 is 18.7 Å². The average Bonchev–Trinajstić information content (AvgIpc) is 3.61. The van der Waals surface area contributed by atoms with Crippen molar-refractivity contribution in [2.24, 2.45) is 5.92 Å². The zero-order chi connectivity index (χ0) is 32.9. The summed E-state index contributed by atoms with van der Waals surface area (Å²) in [5.41, 5.74) is 4.03. The Kier molecular flexibility index (Phi) is 9.52. The summed E-state index contributed by atoms with van der Waals surface area (Å²) in [7, 11) is 0. The number of piperazine rings is 1. The number of rotatable bonds is 9. The van der Waals surface area contributed by atoms with Crippen LogP contribution in [0.5, 0.6) is 6.01 Å². The molecule has 11 heteroatoms. The SMILES string of the molecule is N#CCC1CN(c2nc(OC[C@@H]3C[C@@H](CF)CN3)nc3c2CCN(c2cccc4ccccc24)C3)CCN1C(=O)OCc1ccccc1. The highest BCUT2D eigenvalue weighted by Gasteiger charge is 2.35. The van der Waals surface area contributed by atoms with E-state index < -0.39 is 6.09 Å². The summed E-state index contributed by atoms with van der Waals surface area (Å²) >= 11 is 0. The standard InChI is InChI=1S/C37H40FN7O3/c38-20-27-19-29(40-21-27)25-47-36-41-33-23-43(34-12-6-10-28-9-4-5-11-31(28)34)16-14-32(33)35(42-36)44-17-18-45(30(22-44)13-15-39)37(46)48-24-26-7-2-1-3-8-26/h1-12,27,29-30,40H,13-14,16-25H2/t27-,29-,30?/m0/s1. The van der Waals surface area contributed by atoms with Crippen molar-refractivity contribution in [3.63, 3.8) is 0 Å². The number of carbonyl (C=O) groups excluding carboxylic acids is 1. The Morgan fingerprint density at radius 2 is 1.83 bits per heavy atom. The normalized spacial score (nSPS) is 20.8. The van der Waals surface area contributed by atoms with Crippen LogP contribution in [0.3, 0.4) is 0 Å². The summed E-state index contributed by atoms with van der Waals surface area (Å²) in [6.07, 6.45) is 1.19. The summed E-state index contributed by atoms with van der Waals surface area (Å²) in [6.45, 7) is 3.56. The molecule has 248 valence electrons. The number of nitrogens with one attached hydrogen (secondary N) is 1. The van der Waals surface area contributed by atoms with E-state index in [0.29, 0.717) is 45.8 Å². The number of ether oxygens (including phenoxy) is 2. The first-order chi connectivity index (χ1) is 23.6. The molecule has 3 aromatic carbocycles. The lowest BCUT2D eigenvalue weighted by Gasteiger charge is -2.42. The van der Waals surface area contributed by atoms with Crippen LogP contribution in [-0.2, 0) is 24.3 Å². The number of hydrogen-bond acceptors (Lipinski definition) is 9. The highest BCUT2D eigenvalue weighted by molar-refractivity contribution is 5.94. The van der Waals surface area contributed by atoms with E-state index in [1.54, 1.807) is 4.90 Å². The zero-order valence-electron chi connectivity index (χ0n) is 26.9. The van der Waals surface area contributed by atoms with Gasteiger partial charge in [0.15, 0.2) is 0 Å². The monoisotopic (exact) mass is 649 g/mol. The molecule has 0 radical (unpaired) electrons. The molecule has 3 atom stereocenters. The Bertz CT molecular complexity index is 1780. The third kappa shape index (κ3) is 6.85. The molecular formula is C37H40FN7O3. The molecule has 0 aliphatic carbocycles. The first-order valence-corrected chi connectivity index (χ1v) is 16.7. The van der Waals surface area contributed by atoms with Gasteiger partial charge in [-0.3, -0.25) is 4.39 Å². The van der Waals surface area contributed by atoms with Crippen LogP contribution >= 0.6 is 0 Å². The van der Waals surface area contributed by atoms with E-state index in [-0.39, 0.29) is 43.7 Å². The molecule has 1 unspecified atom stereocenters. The minimum Gasteiger partial charge on any atom is -0.462 e. The molecule has 3 aliphatic heterocycles. The van der Waals surface area contributed by atoms with Gasteiger partial charge < -0.3 is 29.5 Å². The molecule has 2 saturated heterocycles. The lowest BCUT2D eigenvalue weighted by atomic mass is 10.0. The second kappa shape index (κ2) is 14.4. The number of halogens is 1. The van der Waals surface area contributed by atoms with Crippen LogP contribution in [0.1, 0.15) is 29.7 Å². The summed E-state index contributed by atoms with van der Waals surface area (Å²) < 4.78 is 25.1. The van der Waals surface area contributed by atoms with Crippen LogP contribution in [0.4, 0.5) is 20.7 Å². The summed E-state index contributed by atoms with van der Waals surface area (Å²) in [6, 6.07) is 26.6. The topological polar surface area (TPSA) is 107 Å². The molecule has 0 spiro atoms. The summed E-state index contributed by atoms with van der Waals surface area (Å²) in [5.74, 6) is 0.787. The quantitative estimate of drug-likeness (QED) is 0.260. The van der Waals surface area contributed by atoms with Gasteiger partial charge in [-0.25, -0.2) is 4.79 Å². The van der Waals surface area contributed by atoms with Crippen molar-refractivity contribution in [3.8, 4) is 12.1 Å². The molecule has 1 N–H and O–H groups in total. The van der Waals surface area contributed by atoms with E-state index >= 15 is 0 Å². The fraction of sp³-hybridized carbons (Fsp3) is 0.405. The van der Waals surface area contributed by atoms with Gasteiger partial charge in [-0.1, -0.05) is 66.7 Å². The molecule has 10 nitrogen and oxygen atoms in total. The van der Waals surface area contributed by atoms with Gasteiger partial charge in [-0.05, 0) is 29.9 Å². The minimum absolute atomic E-state index is 0.000567. The van der Waals surface area contributed by atoms with Crippen molar-refractivity contribution in [2.45, 2.75) is 44.5 Å². The lowest BCUT2D eigenvalue weighted by Crippen LogP contribution is -2.55. The number of carbonyl (C=O) groups is 1. The van der Waals surface area contributed by atoms with Gasteiger partial charge in [0.1, 0.15) is 19.0 Å². The van der Waals surface area contributed by atoms with Crippen LogP contribution in [0.2, 0.25) is 0 Å². The van der Waals surface area contributed by atoms with Crippen molar-refractivity contribution in [1.29, 1.82) is 5.26 Å². The van der Waals surface area contributed by atoms with E-state index in [9.17, 15) is 14.4 Å². The van der Waals surface area contributed by atoms with Crippen LogP contribution in [-0.4, -0.2) is 79.1 Å². The number of fused-ring (bicyclic) bond motifs is 2. The van der Waals surface area contributed by atoms with E-state index in [0.717, 1.165) is 41.3 Å². The van der Waals surface area contributed by atoms with Crippen molar-refractivity contribution >= 4 is 28.4 Å². The smallest absolute Gasteiger partial charge is 0.410 e. The van der Waals surface area contributed by atoms with Gasteiger partial charge in [-0.2, -0.15) is 15.2 Å². The Morgan fingerprint density at radius 3 is 2.67 bits per heavy atom. The fourth-order valence-electron chi connectivity index (χ4n) is 7.10. The largest absolute Gasteiger partial charge is 0.462 e. The molecule has 4 heterocycles. The van der Waals surface area contributed by atoms with Crippen molar-refractivity contribution in [2.75, 3.05) is 55.8 Å². The first-order valence-electron chi connectivity index (χ1n) is 16.7.